The second kappa shape index (κ2) is 6.93. The molecular formula is C17H18ClFN2O2. The molecule has 3 rings (SSSR count). The summed E-state index contributed by atoms with van der Waals surface area (Å²) in [4.78, 5) is 5.92. The van der Waals surface area contributed by atoms with Crippen LogP contribution in [0.25, 0.3) is 0 Å². The van der Waals surface area contributed by atoms with Gasteiger partial charge in [0.2, 0.25) is 0 Å². The van der Waals surface area contributed by atoms with E-state index >= 15 is 0 Å². The van der Waals surface area contributed by atoms with Crippen LogP contribution < -0.4 is 0 Å². The first-order valence-electron chi connectivity index (χ1n) is 7.48. The predicted octanol–water partition coefficient (Wildman–Crippen LogP) is 2.20. The number of aliphatic hydroxyl groups is 2. The predicted molar refractivity (Wildman–Crippen MR) is 85.7 cm³/mol. The Balaban J connectivity index is 1.81. The first-order valence-corrected chi connectivity index (χ1v) is 7.85. The third-order valence-electron chi connectivity index (χ3n) is 4.38. The lowest BCUT2D eigenvalue weighted by molar-refractivity contribution is 0.0632. The van der Waals surface area contributed by atoms with Crippen LogP contribution in [-0.4, -0.2) is 45.4 Å². The molecule has 2 N–H and O–H groups in total. The molecule has 1 saturated heterocycles. The van der Waals surface area contributed by atoms with E-state index in [-0.39, 0.29) is 24.9 Å². The average Bonchev–Trinajstić information content (AvgIpc) is 2.86. The van der Waals surface area contributed by atoms with Gasteiger partial charge in [-0.3, -0.25) is 9.88 Å². The standard InChI is InChI=1S/C17H18ClFN2O2/c18-12-5-3-11(4-6-12)13-8-21(16(10-22)17(13)23)9-15-14(19)2-1-7-20-15/h1-7,13,16-17,22-23H,8-10H2/t13-,16-,17-/m1/s1. The molecule has 0 amide bonds. The minimum Gasteiger partial charge on any atom is -0.395 e. The SMILES string of the molecule is OC[C@@H]1[C@H](O)[C@@H](c2ccc(Cl)cc2)CN1Cc1ncccc1F. The fraction of sp³-hybridized carbons (Fsp3) is 0.353. The molecule has 0 aliphatic carbocycles. The maximum absolute atomic E-state index is 13.8. The highest BCUT2D eigenvalue weighted by Crippen LogP contribution is 2.33. The van der Waals surface area contributed by atoms with Crippen molar-refractivity contribution in [1.82, 2.24) is 9.88 Å². The van der Waals surface area contributed by atoms with Gasteiger partial charge in [0.15, 0.2) is 0 Å². The zero-order chi connectivity index (χ0) is 16.4. The van der Waals surface area contributed by atoms with Gasteiger partial charge in [0, 0.05) is 30.2 Å². The van der Waals surface area contributed by atoms with E-state index in [4.69, 9.17) is 11.6 Å². The molecule has 2 heterocycles. The average molecular weight is 337 g/mol. The Bertz CT molecular complexity index is 668. The number of halogens is 2. The summed E-state index contributed by atoms with van der Waals surface area (Å²) in [6, 6.07) is 9.75. The van der Waals surface area contributed by atoms with Gasteiger partial charge in [0.25, 0.3) is 0 Å². The van der Waals surface area contributed by atoms with Gasteiger partial charge >= 0.3 is 0 Å². The monoisotopic (exact) mass is 336 g/mol. The number of pyridine rings is 1. The lowest BCUT2D eigenvalue weighted by Gasteiger charge is -2.23. The first-order chi connectivity index (χ1) is 11.1. The highest BCUT2D eigenvalue weighted by atomic mass is 35.5. The molecule has 3 atom stereocenters. The van der Waals surface area contributed by atoms with Crippen LogP contribution >= 0.6 is 11.6 Å². The minimum atomic E-state index is -0.729. The molecule has 0 unspecified atom stereocenters. The number of rotatable bonds is 4. The molecule has 0 radical (unpaired) electrons. The van der Waals surface area contributed by atoms with Gasteiger partial charge in [-0.1, -0.05) is 23.7 Å². The Morgan fingerprint density at radius 3 is 2.65 bits per heavy atom. The van der Waals surface area contributed by atoms with E-state index < -0.39 is 12.1 Å². The van der Waals surface area contributed by atoms with E-state index in [0.717, 1.165) is 5.56 Å². The van der Waals surface area contributed by atoms with Crippen molar-refractivity contribution in [2.45, 2.75) is 24.6 Å². The van der Waals surface area contributed by atoms with Gasteiger partial charge in [-0.25, -0.2) is 4.39 Å². The number of benzene rings is 1. The van der Waals surface area contributed by atoms with Crippen molar-refractivity contribution in [2.75, 3.05) is 13.2 Å². The number of nitrogens with zero attached hydrogens (tertiary/aromatic N) is 2. The number of hydrogen-bond acceptors (Lipinski definition) is 4. The van der Waals surface area contributed by atoms with E-state index in [9.17, 15) is 14.6 Å². The zero-order valence-corrected chi connectivity index (χ0v) is 13.2. The number of hydrogen-bond donors (Lipinski definition) is 2. The molecule has 0 bridgehead atoms. The third kappa shape index (κ3) is 3.38. The van der Waals surface area contributed by atoms with E-state index in [0.29, 0.717) is 17.3 Å². The fourth-order valence-corrected chi connectivity index (χ4v) is 3.25. The topological polar surface area (TPSA) is 56.6 Å². The maximum Gasteiger partial charge on any atom is 0.146 e. The van der Waals surface area contributed by atoms with Crippen molar-refractivity contribution in [3.63, 3.8) is 0 Å². The summed E-state index contributed by atoms with van der Waals surface area (Å²) in [5, 5.41) is 20.8. The van der Waals surface area contributed by atoms with Gasteiger partial charge in [-0.2, -0.15) is 0 Å². The smallest absolute Gasteiger partial charge is 0.146 e. The Hall–Kier alpha value is -1.53. The third-order valence-corrected chi connectivity index (χ3v) is 4.63. The summed E-state index contributed by atoms with van der Waals surface area (Å²) in [6.45, 7) is 0.572. The van der Waals surface area contributed by atoms with Crippen molar-refractivity contribution in [3.05, 3.63) is 64.7 Å². The highest BCUT2D eigenvalue weighted by Gasteiger charge is 2.41. The van der Waals surface area contributed by atoms with Gasteiger partial charge in [-0.05, 0) is 29.8 Å². The van der Waals surface area contributed by atoms with E-state index in [2.05, 4.69) is 4.98 Å². The molecule has 1 aliphatic rings. The van der Waals surface area contributed by atoms with E-state index in [1.165, 1.54) is 18.3 Å². The van der Waals surface area contributed by atoms with Crippen LogP contribution in [0, 0.1) is 5.82 Å². The highest BCUT2D eigenvalue weighted by molar-refractivity contribution is 6.30. The lowest BCUT2D eigenvalue weighted by Crippen LogP contribution is -2.38. The van der Waals surface area contributed by atoms with Crippen LogP contribution in [0.1, 0.15) is 17.2 Å². The van der Waals surface area contributed by atoms with Crippen LogP contribution in [0.2, 0.25) is 5.02 Å². The van der Waals surface area contributed by atoms with Gasteiger partial charge in [-0.15, -0.1) is 0 Å². The summed E-state index contributed by atoms with van der Waals surface area (Å²) in [5.41, 5.74) is 1.26. The van der Waals surface area contributed by atoms with Crippen LogP contribution in [0.15, 0.2) is 42.6 Å². The first kappa shape index (κ1) is 16.3. The molecule has 4 nitrogen and oxygen atoms in total. The molecule has 1 aliphatic heterocycles. The van der Waals surface area contributed by atoms with Crippen LogP contribution in [0.4, 0.5) is 4.39 Å². The van der Waals surface area contributed by atoms with Gasteiger partial charge < -0.3 is 10.2 Å². The maximum atomic E-state index is 13.8. The second-order valence-corrected chi connectivity index (χ2v) is 6.20. The van der Waals surface area contributed by atoms with Gasteiger partial charge in [0.1, 0.15) is 5.82 Å². The van der Waals surface area contributed by atoms with Gasteiger partial charge in [0.05, 0.1) is 24.4 Å². The zero-order valence-electron chi connectivity index (χ0n) is 12.4. The molecule has 1 aromatic carbocycles. The summed E-state index contributed by atoms with van der Waals surface area (Å²) in [6.07, 6.45) is 0.808. The van der Waals surface area contributed by atoms with Crippen molar-refractivity contribution < 1.29 is 14.6 Å². The minimum absolute atomic E-state index is 0.156. The molecule has 6 heteroatoms. The number of aromatic nitrogens is 1. The quantitative estimate of drug-likeness (QED) is 0.898. The van der Waals surface area contributed by atoms with Crippen molar-refractivity contribution in [3.8, 4) is 0 Å². The number of aliphatic hydroxyl groups excluding tert-OH is 2. The largest absolute Gasteiger partial charge is 0.395 e. The molecular weight excluding hydrogens is 319 g/mol. The molecule has 122 valence electrons. The van der Waals surface area contributed by atoms with Crippen LogP contribution in [0.3, 0.4) is 0 Å². The Kier molecular flexibility index (Phi) is 4.92. The second-order valence-electron chi connectivity index (χ2n) is 5.76. The van der Waals surface area contributed by atoms with E-state index in [1.54, 1.807) is 12.1 Å². The molecule has 0 saturated carbocycles. The Morgan fingerprint density at radius 2 is 2.00 bits per heavy atom. The Labute approximate surface area is 139 Å². The molecule has 23 heavy (non-hydrogen) atoms. The Morgan fingerprint density at radius 1 is 1.26 bits per heavy atom. The summed E-state index contributed by atoms with van der Waals surface area (Å²) in [7, 11) is 0. The number of likely N-dealkylation sites (tertiary alicyclic amines) is 1. The van der Waals surface area contributed by atoms with Crippen LogP contribution in [-0.2, 0) is 6.54 Å². The van der Waals surface area contributed by atoms with Crippen molar-refractivity contribution in [1.29, 1.82) is 0 Å². The molecule has 1 aromatic heterocycles. The normalized spacial score (nSPS) is 25.0. The van der Waals surface area contributed by atoms with Crippen molar-refractivity contribution >= 4 is 11.6 Å². The fourth-order valence-electron chi connectivity index (χ4n) is 3.13. The van der Waals surface area contributed by atoms with Crippen molar-refractivity contribution in [2.24, 2.45) is 0 Å². The lowest BCUT2D eigenvalue weighted by atomic mass is 9.94. The summed E-state index contributed by atoms with van der Waals surface area (Å²) < 4.78 is 13.8. The van der Waals surface area contributed by atoms with E-state index in [1.807, 2.05) is 17.0 Å². The summed E-state index contributed by atoms with van der Waals surface area (Å²) >= 11 is 5.90. The molecule has 1 fully saturated rings. The summed E-state index contributed by atoms with van der Waals surface area (Å²) in [5.74, 6) is -0.537. The molecule has 2 aromatic rings. The molecule has 0 spiro atoms. The van der Waals surface area contributed by atoms with Crippen LogP contribution in [0.5, 0.6) is 0 Å².